The number of sulfone groups is 1. The molecule has 0 aliphatic rings. The highest BCUT2D eigenvalue weighted by molar-refractivity contribution is 7.90. The van der Waals surface area contributed by atoms with E-state index in [4.69, 9.17) is 5.73 Å². The maximum Gasteiger partial charge on any atom is 0.418 e. The first kappa shape index (κ1) is 26.1. The maximum absolute atomic E-state index is 13.5. The number of halogens is 3. The maximum atomic E-state index is 13.5. The first-order chi connectivity index (χ1) is 16.2. The summed E-state index contributed by atoms with van der Waals surface area (Å²) in [5, 5.41) is 10.2. The summed E-state index contributed by atoms with van der Waals surface area (Å²) in [4.78, 5) is 8.11. The van der Waals surface area contributed by atoms with Crippen molar-refractivity contribution in [2.45, 2.75) is 30.5 Å². The van der Waals surface area contributed by atoms with Crippen LogP contribution in [0.15, 0.2) is 88.7 Å². The summed E-state index contributed by atoms with van der Waals surface area (Å²) in [7, 11) is -3.40. The molecule has 10 heteroatoms. The van der Waals surface area contributed by atoms with Gasteiger partial charge >= 0.3 is 6.18 Å². The average molecular weight is 504 g/mol. The zero-order valence-corrected chi connectivity index (χ0v) is 20.0. The molecule has 0 amide bonds. The summed E-state index contributed by atoms with van der Waals surface area (Å²) in [6.07, 6.45) is -0.186. The molecule has 3 N–H and O–H groups in total. The number of alkyl halides is 3. The molecule has 3 rings (SSSR count). The molecule has 3 aromatic rings. The highest BCUT2D eigenvalue weighted by Crippen LogP contribution is 2.36. The first-order valence-corrected chi connectivity index (χ1v) is 12.3. The lowest BCUT2D eigenvalue weighted by atomic mass is 9.99. The van der Waals surface area contributed by atoms with Crippen LogP contribution < -0.4 is 5.73 Å². The van der Waals surface area contributed by atoms with Crippen molar-refractivity contribution in [2.24, 2.45) is 10.7 Å². The van der Waals surface area contributed by atoms with Gasteiger partial charge in [-0.3, -0.25) is 4.98 Å². The Labute approximate surface area is 201 Å². The topological polar surface area (TPSA) is 106 Å². The summed E-state index contributed by atoms with van der Waals surface area (Å²) in [6.45, 7) is 2.89. The van der Waals surface area contributed by atoms with Crippen LogP contribution >= 0.6 is 0 Å². The van der Waals surface area contributed by atoms with E-state index in [2.05, 4.69) is 9.98 Å². The second-order valence-electron chi connectivity index (χ2n) is 8.42. The molecule has 0 aliphatic heterocycles. The van der Waals surface area contributed by atoms with Gasteiger partial charge in [0.2, 0.25) is 0 Å². The molecule has 1 aromatic heterocycles. The Hall–Kier alpha value is -3.50. The van der Waals surface area contributed by atoms with E-state index < -0.39 is 32.9 Å². The number of hydrogen-bond acceptors (Lipinski definition) is 6. The number of nitrogens with two attached hydrogens (primary N) is 1. The van der Waals surface area contributed by atoms with E-state index in [1.54, 1.807) is 36.4 Å². The molecular weight excluding hydrogens is 479 g/mol. The molecule has 0 unspecified atom stereocenters. The summed E-state index contributed by atoms with van der Waals surface area (Å²) in [5.41, 5.74) is 5.03. The number of benzene rings is 2. The fraction of sp³-hybridized carbons (Fsp3) is 0.200. The number of hydrogen-bond donors (Lipinski definition) is 2. The average Bonchev–Trinajstić information content (AvgIpc) is 2.77. The number of aliphatic imine (C=N–C) groups is 1. The molecule has 0 saturated carbocycles. The van der Waals surface area contributed by atoms with E-state index in [1.807, 2.05) is 0 Å². The minimum Gasteiger partial charge on any atom is -0.400 e. The predicted molar refractivity (Wildman–Crippen MR) is 129 cm³/mol. The van der Waals surface area contributed by atoms with Gasteiger partial charge in [-0.15, -0.1) is 0 Å². The summed E-state index contributed by atoms with van der Waals surface area (Å²) >= 11 is 0. The Bertz CT molecular complexity index is 1390. The molecule has 0 spiro atoms. The quantitative estimate of drug-likeness (QED) is 0.465. The molecule has 184 valence electrons. The Morgan fingerprint density at radius 1 is 1.06 bits per heavy atom. The minimum absolute atomic E-state index is 0.00127. The molecule has 0 aliphatic carbocycles. The zero-order valence-electron chi connectivity index (χ0n) is 19.2. The van der Waals surface area contributed by atoms with Crippen LogP contribution in [-0.4, -0.2) is 36.1 Å². The molecule has 35 heavy (non-hydrogen) atoms. The van der Waals surface area contributed by atoms with E-state index in [0.717, 1.165) is 24.7 Å². The van der Waals surface area contributed by atoms with E-state index in [-0.39, 0.29) is 16.3 Å². The Kier molecular flexibility index (Phi) is 7.18. The standard InChI is InChI=1S/C25H24F3N3O3S/c1-24(2,32)23(29)14-21(31-22-15-30-12-11-20(22)25(26,27)28)17-9-7-16(8-10-17)18-5-4-6-19(13-18)35(3,33)34/h4-15,32H,29H2,1-3H3. The van der Waals surface area contributed by atoms with Gasteiger partial charge < -0.3 is 10.8 Å². The third kappa shape index (κ3) is 6.55. The molecule has 0 atom stereocenters. The van der Waals surface area contributed by atoms with Crippen LogP contribution in [0.2, 0.25) is 0 Å². The number of pyridine rings is 1. The lowest BCUT2D eigenvalue weighted by Gasteiger charge is -2.18. The number of nitrogens with zero attached hydrogens (tertiary/aromatic N) is 2. The third-order valence-corrected chi connectivity index (χ3v) is 6.23. The van der Waals surface area contributed by atoms with Crippen LogP contribution in [0.3, 0.4) is 0 Å². The normalized spacial score (nSPS) is 13.7. The first-order valence-electron chi connectivity index (χ1n) is 10.4. The van der Waals surface area contributed by atoms with E-state index in [0.29, 0.717) is 16.7 Å². The van der Waals surface area contributed by atoms with Crippen LogP contribution in [0.4, 0.5) is 18.9 Å². The number of aliphatic hydroxyl groups is 1. The molecule has 6 nitrogen and oxygen atoms in total. The van der Waals surface area contributed by atoms with Crippen LogP contribution in [0, 0.1) is 0 Å². The van der Waals surface area contributed by atoms with Gasteiger partial charge in [-0.2, -0.15) is 13.2 Å². The summed E-state index contributed by atoms with van der Waals surface area (Å²) in [5.74, 6) is 0. The molecule has 0 fully saturated rings. The summed E-state index contributed by atoms with van der Waals surface area (Å²) in [6, 6.07) is 13.9. The van der Waals surface area contributed by atoms with Crippen molar-refractivity contribution in [2.75, 3.05) is 6.26 Å². The smallest absolute Gasteiger partial charge is 0.400 e. The SMILES string of the molecule is CC(C)(O)C(N)=CC(=Nc1cnccc1C(F)(F)F)c1ccc(-c2cccc(S(C)(=O)=O)c2)cc1. The van der Waals surface area contributed by atoms with Gasteiger partial charge in [0.15, 0.2) is 9.84 Å². The van der Waals surface area contributed by atoms with Crippen molar-refractivity contribution in [1.82, 2.24) is 4.98 Å². The van der Waals surface area contributed by atoms with E-state index in [9.17, 15) is 26.7 Å². The number of aromatic nitrogens is 1. The van der Waals surface area contributed by atoms with Crippen molar-refractivity contribution in [3.05, 3.63) is 89.9 Å². The van der Waals surface area contributed by atoms with Gasteiger partial charge in [0.25, 0.3) is 0 Å². The van der Waals surface area contributed by atoms with Crippen LogP contribution in [0.1, 0.15) is 25.0 Å². The lowest BCUT2D eigenvalue weighted by molar-refractivity contribution is -0.137. The fourth-order valence-corrected chi connectivity index (χ4v) is 3.76. The Morgan fingerprint density at radius 2 is 1.71 bits per heavy atom. The van der Waals surface area contributed by atoms with Gasteiger partial charge in [0.05, 0.1) is 33.7 Å². The van der Waals surface area contributed by atoms with E-state index in [1.165, 1.54) is 32.1 Å². The second-order valence-corrected chi connectivity index (χ2v) is 10.4. The fourth-order valence-electron chi connectivity index (χ4n) is 3.09. The van der Waals surface area contributed by atoms with Crippen LogP contribution in [0.25, 0.3) is 11.1 Å². The van der Waals surface area contributed by atoms with Crippen molar-refractivity contribution in [1.29, 1.82) is 0 Å². The Balaban J connectivity index is 2.12. The lowest BCUT2D eigenvalue weighted by Crippen LogP contribution is -2.28. The van der Waals surface area contributed by atoms with Gasteiger partial charge in [0.1, 0.15) is 0 Å². The van der Waals surface area contributed by atoms with Crippen LogP contribution in [0.5, 0.6) is 0 Å². The van der Waals surface area contributed by atoms with E-state index >= 15 is 0 Å². The van der Waals surface area contributed by atoms with Crippen molar-refractivity contribution in [3.63, 3.8) is 0 Å². The van der Waals surface area contributed by atoms with Crippen molar-refractivity contribution in [3.8, 4) is 11.1 Å². The molecule has 1 heterocycles. The minimum atomic E-state index is -4.65. The van der Waals surface area contributed by atoms with Gasteiger partial charge in [-0.1, -0.05) is 36.4 Å². The second kappa shape index (κ2) is 9.63. The zero-order chi connectivity index (χ0) is 26.0. The monoisotopic (exact) mass is 503 g/mol. The molecule has 0 saturated heterocycles. The largest absolute Gasteiger partial charge is 0.418 e. The van der Waals surface area contributed by atoms with Gasteiger partial charge in [-0.25, -0.2) is 13.4 Å². The molecule has 2 aromatic carbocycles. The predicted octanol–water partition coefficient (Wildman–Crippen LogP) is 4.91. The molecule has 0 radical (unpaired) electrons. The molecular formula is C25H24F3N3O3S. The van der Waals surface area contributed by atoms with Gasteiger partial charge in [0, 0.05) is 23.7 Å². The summed E-state index contributed by atoms with van der Waals surface area (Å²) < 4.78 is 64.2. The van der Waals surface area contributed by atoms with Crippen LogP contribution in [-0.2, 0) is 16.0 Å². The Morgan fingerprint density at radius 3 is 2.29 bits per heavy atom. The highest BCUT2D eigenvalue weighted by atomic mass is 32.2. The highest BCUT2D eigenvalue weighted by Gasteiger charge is 2.33. The van der Waals surface area contributed by atoms with Crippen molar-refractivity contribution >= 4 is 21.2 Å². The number of allylic oxidation sites excluding steroid dienone is 1. The third-order valence-electron chi connectivity index (χ3n) is 5.12. The van der Waals surface area contributed by atoms with Crippen molar-refractivity contribution < 1.29 is 26.7 Å². The molecule has 0 bridgehead atoms. The number of rotatable bonds is 6. The van der Waals surface area contributed by atoms with Gasteiger partial charge in [-0.05, 0) is 49.2 Å².